The summed E-state index contributed by atoms with van der Waals surface area (Å²) in [7, 11) is 1.64. The smallest absolute Gasteiger partial charge is 0.313 e. The van der Waals surface area contributed by atoms with Crippen LogP contribution in [-0.4, -0.2) is 7.05 Å². The first kappa shape index (κ1) is 16.0. The number of rotatable bonds is 5. The van der Waals surface area contributed by atoms with Crippen LogP contribution in [0.25, 0.3) is 0 Å². The zero-order chi connectivity index (χ0) is 14.6. The van der Waals surface area contributed by atoms with E-state index in [2.05, 4.69) is 5.32 Å². The lowest BCUT2D eigenvalue weighted by atomic mass is 9.88. The molecule has 1 N–H and O–H groups in total. The average molecular weight is 277 g/mol. The molecule has 1 rings (SSSR count). The first-order chi connectivity index (χ1) is 8.85. The summed E-state index contributed by atoms with van der Waals surface area (Å²) < 4.78 is 51.9. The second-order valence-corrected chi connectivity index (χ2v) is 4.58. The van der Waals surface area contributed by atoms with Crippen LogP contribution in [0.15, 0.2) is 18.2 Å². The van der Waals surface area contributed by atoms with Gasteiger partial charge in [-0.3, -0.25) is 0 Å². The molecule has 1 unspecified atom stereocenters. The number of nitrogens with one attached hydrogen (secondary N) is 1. The fourth-order valence-electron chi connectivity index (χ4n) is 2.36. The van der Waals surface area contributed by atoms with E-state index < -0.39 is 23.6 Å². The summed E-state index contributed by atoms with van der Waals surface area (Å²) in [5.41, 5.74) is -0.721. The lowest BCUT2D eigenvalue weighted by Gasteiger charge is -2.26. The third-order valence-corrected chi connectivity index (χ3v) is 3.49. The Morgan fingerprint density at radius 2 is 1.74 bits per heavy atom. The number of benzene rings is 1. The minimum Gasteiger partial charge on any atom is -0.313 e. The molecule has 0 aliphatic heterocycles. The van der Waals surface area contributed by atoms with Gasteiger partial charge in [0.25, 0.3) is 0 Å². The van der Waals surface area contributed by atoms with E-state index in [4.69, 9.17) is 0 Å². The topological polar surface area (TPSA) is 12.0 Å². The van der Waals surface area contributed by atoms with Gasteiger partial charge in [0, 0.05) is 11.6 Å². The molecule has 0 aliphatic carbocycles. The van der Waals surface area contributed by atoms with Gasteiger partial charge in [-0.05, 0) is 31.2 Å². The molecule has 5 heteroatoms. The van der Waals surface area contributed by atoms with Crippen molar-refractivity contribution in [2.24, 2.45) is 5.92 Å². The van der Waals surface area contributed by atoms with Gasteiger partial charge in [0.15, 0.2) is 0 Å². The maximum absolute atomic E-state index is 13.8. The van der Waals surface area contributed by atoms with Crippen molar-refractivity contribution in [2.75, 3.05) is 7.05 Å². The molecular weight excluding hydrogens is 258 g/mol. The van der Waals surface area contributed by atoms with Crippen LogP contribution in [0.3, 0.4) is 0 Å². The summed E-state index contributed by atoms with van der Waals surface area (Å²) >= 11 is 0. The van der Waals surface area contributed by atoms with Crippen LogP contribution in [0.4, 0.5) is 17.6 Å². The monoisotopic (exact) mass is 277 g/mol. The highest BCUT2D eigenvalue weighted by molar-refractivity contribution is 5.30. The molecule has 0 amide bonds. The Kier molecular flexibility index (Phi) is 5.35. The Bertz CT molecular complexity index is 410. The molecular formula is C14H19F4N. The highest BCUT2D eigenvalue weighted by Crippen LogP contribution is 2.34. The van der Waals surface area contributed by atoms with Crippen molar-refractivity contribution in [3.8, 4) is 0 Å². The summed E-state index contributed by atoms with van der Waals surface area (Å²) in [6.45, 7) is 3.90. The Balaban J connectivity index is 3.23. The second-order valence-electron chi connectivity index (χ2n) is 4.58. The fraction of sp³-hybridized carbons (Fsp3) is 0.571. The zero-order valence-electron chi connectivity index (χ0n) is 11.3. The molecule has 0 saturated heterocycles. The standard InChI is InChI=1S/C14H19F4N/c1-4-9(5-2)13(19-3)11-8-10(14(16,17)18)6-7-12(11)15/h6-9,13,19H,4-5H2,1-3H3. The molecule has 1 aromatic carbocycles. The first-order valence-electron chi connectivity index (χ1n) is 6.39. The maximum Gasteiger partial charge on any atom is 0.416 e. The van der Waals surface area contributed by atoms with Gasteiger partial charge in [-0.1, -0.05) is 26.7 Å². The first-order valence-corrected chi connectivity index (χ1v) is 6.39. The van der Waals surface area contributed by atoms with E-state index in [0.29, 0.717) is 0 Å². The predicted molar refractivity (Wildman–Crippen MR) is 67.3 cm³/mol. The average Bonchev–Trinajstić information content (AvgIpc) is 2.35. The molecule has 0 fully saturated rings. The Morgan fingerprint density at radius 1 is 1.16 bits per heavy atom. The van der Waals surface area contributed by atoms with Crippen LogP contribution in [0.5, 0.6) is 0 Å². The highest BCUT2D eigenvalue weighted by Gasteiger charge is 2.32. The molecule has 0 bridgehead atoms. The van der Waals surface area contributed by atoms with Gasteiger partial charge < -0.3 is 5.32 Å². The van der Waals surface area contributed by atoms with Crippen LogP contribution in [-0.2, 0) is 6.18 Å². The molecule has 1 aromatic rings. The summed E-state index contributed by atoms with van der Waals surface area (Å²) in [6.07, 6.45) is -2.90. The van der Waals surface area contributed by atoms with Crippen molar-refractivity contribution in [2.45, 2.75) is 38.9 Å². The summed E-state index contributed by atoms with van der Waals surface area (Å²) in [6, 6.07) is 2.18. The van der Waals surface area contributed by atoms with Gasteiger partial charge in [-0.25, -0.2) is 4.39 Å². The Labute approximate surface area is 111 Å². The van der Waals surface area contributed by atoms with Gasteiger partial charge in [0.2, 0.25) is 0 Å². The van der Waals surface area contributed by atoms with E-state index in [-0.39, 0.29) is 11.5 Å². The number of hydrogen-bond donors (Lipinski definition) is 1. The third kappa shape index (κ3) is 3.69. The molecule has 0 aliphatic rings. The lowest BCUT2D eigenvalue weighted by Crippen LogP contribution is -2.26. The van der Waals surface area contributed by atoms with Crippen molar-refractivity contribution < 1.29 is 17.6 Å². The lowest BCUT2D eigenvalue weighted by molar-refractivity contribution is -0.137. The van der Waals surface area contributed by atoms with Crippen LogP contribution >= 0.6 is 0 Å². The van der Waals surface area contributed by atoms with Gasteiger partial charge in [0.1, 0.15) is 5.82 Å². The van der Waals surface area contributed by atoms with Crippen LogP contribution < -0.4 is 5.32 Å². The number of alkyl halides is 3. The van der Waals surface area contributed by atoms with Crippen molar-refractivity contribution in [1.29, 1.82) is 0 Å². The van der Waals surface area contributed by atoms with Crippen LogP contribution in [0.1, 0.15) is 43.9 Å². The van der Waals surface area contributed by atoms with E-state index >= 15 is 0 Å². The molecule has 0 aromatic heterocycles. The SMILES string of the molecule is CCC(CC)C(NC)c1cc(C(F)(F)F)ccc1F. The zero-order valence-corrected chi connectivity index (χ0v) is 11.3. The quantitative estimate of drug-likeness (QED) is 0.779. The van der Waals surface area contributed by atoms with Gasteiger partial charge in [-0.15, -0.1) is 0 Å². The van der Waals surface area contributed by atoms with Gasteiger partial charge >= 0.3 is 6.18 Å². The Hall–Kier alpha value is -1.10. The third-order valence-electron chi connectivity index (χ3n) is 3.49. The van der Waals surface area contributed by atoms with Gasteiger partial charge in [0.05, 0.1) is 5.56 Å². The second kappa shape index (κ2) is 6.37. The number of halogens is 4. The van der Waals surface area contributed by atoms with E-state index in [1.165, 1.54) is 0 Å². The predicted octanol–water partition coefficient (Wildman–Crippen LogP) is 4.54. The van der Waals surface area contributed by atoms with E-state index in [1.807, 2.05) is 13.8 Å². The van der Waals surface area contributed by atoms with E-state index in [0.717, 1.165) is 31.0 Å². The minimum absolute atomic E-state index is 0.0889. The largest absolute Gasteiger partial charge is 0.416 e. The van der Waals surface area contributed by atoms with Crippen molar-refractivity contribution in [3.63, 3.8) is 0 Å². The maximum atomic E-state index is 13.8. The van der Waals surface area contributed by atoms with Gasteiger partial charge in [-0.2, -0.15) is 13.2 Å². The molecule has 108 valence electrons. The minimum atomic E-state index is -4.45. The van der Waals surface area contributed by atoms with Crippen LogP contribution in [0.2, 0.25) is 0 Å². The normalized spacial score (nSPS) is 13.9. The molecule has 0 saturated carbocycles. The molecule has 0 heterocycles. The van der Waals surface area contributed by atoms with E-state index in [9.17, 15) is 17.6 Å². The summed E-state index contributed by atoms with van der Waals surface area (Å²) in [4.78, 5) is 0. The van der Waals surface area contributed by atoms with E-state index in [1.54, 1.807) is 7.05 Å². The molecule has 19 heavy (non-hydrogen) atoms. The summed E-state index contributed by atoms with van der Waals surface area (Å²) in [5.74, 6) is -0.498. The van der Waals surface area contributed by atoms with Crippen molar-refractivity contribution in [3.05, 3.63) is 35.1 Å². The molecule has 0 radical (unpaired) electrons. The number of hydrogen-bond acceptors (Lipinski definition) is 1. The van der Waals surface area contributed by atoms with Crippen molar-refractivity contribution >= 4 is 0 Å². The Morgan fingerprint density at radius 3 is 2.16 bits per heavy atom. The van der Waals surface area contributed by atoms with Crippen molar-refractivity contribution in [1.82, 2.24) is 5.32 Å². The summed E-state index contributed by atoms with van der Waals surface area (Å²) in [5, 5.41) is 2.93. The molecule has 1 atom stereocenters. The molecule has 1 nitrogen and oxygen atoms in total. The highest BCUT2D eigenvalue weighted by atomic mass is 19.4. The fourth-order valence-corrected chi connectivity index (χ4v) is 2.36. The molecule has 0 spiro atoms. The van der Waals surface area contributed by atoms with Crippen LogP contribution in [0, 0.1) is 11.7 Å².